The number of methoxy groups -OCH3 is 1. The Kier molecular flexibility index (Phi) is 7.63. The molecule has 2 N–H and O–H groups in total. The lowest BCUT2D eigenvalue weighted by atomic mass is 10.0. The van der Waals surface area contributed by atoms with Gasteiger partial charge in [0.05, 0.1) is 13.7 Å². The Morgan fingerprint density at radius 3 is 2.50 bits per heavy atom. The number of hydrogen-bond acceptors (Lipinski definition) is 3. The Bertz CT molecular complexity index is 598. The smallest absolute Gasteiger partial charge is 0.161 e. The van der Waals surface area contributed by atoms with Crippen LogP contribution in [-0.4, -0.2) is 19.8 Å². The SMILES string of the molecule is CCCC[C@@H](N)Cc1ccc(OC)c(OCCc2ccccc2)c1. The number of hydrogen-bond donors (Lipinski definition) is 1. The lowest BCUT2D eigenvalue weighted by molar-refractivity contribution is 0.297. The van der Waals surface area contributed by atoms with E-state index in [0.29, 0.717) is 6.61 Å². The highest BCUT2D eigenvalue weighted by Gasteiger charge is 2.09. The van der Waals surface area contributed by atoms with E-state index in [4.69, 9.17) is 15.2 Å². The van der Waals surface area contributed by atoms with Gasteiger partial charge >= 0.3 is 0 Å². The predicted molar refractivity (Wildman–Crippen MR) is 99.8 cm³/mol. The lowest BCUT2D eigenvalue weighted by Gasteiger charge is -2.15. The Balaban J connectivity index is 1.95. The minimum absolute atomic E-state index is 0.204. The molecule has 2 rings (SSSR count). The molecule has 0 amide bonds. The molecular formula is C21H29NO2. The summed E-state index contributed by atoms with van der Waals surface area (Å²) in [5, 5.41) is 0. The molecule has 2 aromatic rings. The van der Waals surface area contributed by atoms with Gasteiger partial charge in [0.25, 0.3) is 0 Å². The summed E-state index contributed by atoms with van der Waals surface area (Å²) in [4.78, 5) is 0. The summed E-state index contributed by atoms with van der Waals surface area (Å²) in [6, 6.07) is 16.7. The van der Waals surface area contributed by atoms with Gasteiger partial charge in [0, 0.05) is 12.5 Å². The number of ether oxygens (including phenoxy) is 2. The molecule has 0 saturated carbocycles. The summed E-state index contributed by atoms with van der Waals surface area (Å²) in [5.41, 5.74) is 8.69. The second-order valence-corrected chi connectivity index (χ2v) is 6.18. The van der Waals surface area contributed by atoms with E-state index in [-0.39, 0.29) is 6.04 Å². The normalized spacial score (nSPS) is 12.0. The van der Waals surface area contributed by atoms with Gasteiger partial charge < -0.3 is 15.2 Å². The standard InChI is InChI=1S/C21H29NO2/c1-3-4-10-19(22)15-18-11-12-20(23-2)21(16-18)24-14-13-17-8-6-5-7-9-17/h5-9,11-12,16,19H,3-4,10,13-15,22H2,1-2H3/t19-/m1/s1. The Morgan fingerprint density at radius 1 is 1.00 bits per heavy atom. The Morgan fingerprint density at radius 2 is 1.79 bits per heavy atom. The van der Waals surface area contributed by atoms with E-state index in [1.807, 2.05) is 24.3 Å². The van der Waals surface area contributed by atoms with Crippen LogP contribution in [0.15, 0.2) is 48.5 Å². The number of nitrogens with two attached hydrogens (primary N) is 1. The van der Waals surface area contributed by atoms with E-state index in [1.165, 1.54) is 24.0 Å². The summed E-state index contributed by atoms with van der Waals surface area (Å²) in [6.07, 6.45) is 5.18. The van der Waals surface area contributed by atoms with Gasteiger partial charge in [-0.15, -0.1) is 0 Å². The van der Waals surface area contributed by atoms with Crippen molar-refractivity contribution in [1.29, 1.82) is 0 Å². The zero-order chi connectivity index (χ0) is 17.2. The van der Waals surface area contributed by atoms with Gasteiger partial charge in [0.15, 0.2) is 11.5 Å². The maximum Gasteiger partial charge on any atom is 0.161 e. The predicted octanol–water partition coefficient (Wildman–Crippen LogP) is 4.38. The fourth-order valence-corrected chi connectivity index (χ4v) is 2.76. The molecule has 0 aromatic heterocycles. The van der Waals surface area contributed by atoms with Crippen LogP contribution in [0.3, 0.4) is 0 Å². The van der Waals surface area contributed by atoms with Gasteiger partial charge in [-0.05, 0) is 36.1 Å². The van der Waals surface area contributed by atoms with Gasteiger partial charge in [-0.2, -0.15) is 0 Å². The molecule has 0 fully saturated rings. The van der Waals surface area contributed by atoms with Crippen LogP contribution >= 0.6 is 0 Å². The highest BCUT2D eigenvalue weighted by molar-refractivity contribution is 5.43. The number of rotatable bonds is 10. The zero-order valence-corrected chi connectivity index (χ0v) is 14.8. The van der Waals surface area contributed by atoms with Crippen molar-refractivity contribution in [1.82, 2.24) is 0 Å². The first-order valence-corrected chi connectivity index (χ1v) is 8.82. The summed E-state index contributed by atoms with van der Waals surface area (Å²) in [6.45, 7) is 2.82. The summed E-state index contributed by atoms with van der Waals surface area (Å²) < 4.78 is 11.4. The van der Waals surface area contributed by atoms with Crippen LogP contribution in [0.25, 0.3) is 0 Å². The maximum atomic E-state index is 6.22. The third-order valence-corrected chi connectivity index (χ3v) is 4.15. The van der Waals surface area contributed by atoms with E-state index < -0.39 is 0 Å². The van der Waals surface area contributed by atoms with Crippen LogP contribution in [-0.2, 0) is 12.8 Å². The van der Waals surface area contributed by atoms with Gasteiger partial charge in [-0.1, -0.05) is 56.2 Å². The molecule has 3 nitrogen and oxygen atoms in total. The lowest BCUT2D eigenvalue weighted by Crippen LogP contribution is -2.22. The van der Waals surface area contributed by atoms with Gasteiger partial charge in [-0.3, -0.25) is 0 Å². The van der Waals surface area contributed by atoms with Crippen LogP contribution in [0.2, 0.25) is 0 Å². The van der Waals surface area contributed by atoms with Crippen LogP contribution in [0.4, 0.5) is 0 Å². The van der Waals surface area contributed by atoms with Crippen molar-refractivity contribution in [2.75, 3.05) is 13.7 Å². The van der Waals surface area contributed by atoms with Crippen molar-refractivity contribution in [3.8, 4) is 11.5 Å². The average molecular weight is 327 g/mol. The van der Waals surface area contributed by atoms with Crippen LogP contribution < -0.4 is 15.2 Å². The molecule has 0 bridgehead atoms. The van der Waals surface area contributed by atoms with E-state index in [0.717, 1.165) is 30.8 Å². The third kappa shape index (κ3) is 5.89. The molecule has 0 saturated heterocycles. The average Bonchev–Trinajstić information content (AvgIpc) is 2.61. The first-order valence-electron chi connectivity index (χ1n) is 8.82. The first-order chi connectivity index (χ1) is 11.7. The Hall–Kier alpha value is -2.00. The number of benzene rings is 2. The van der Waals surface area contributed by atoms with Crippen molar-refractivity contribution in [3.05, 3.63) is 59.7 Å². The van der Waals surface area contributed by atoms with Crippen LogP contribution in [0, 0.1) is 0 Å². The zero-order valence-electron chi connectivity index (χ0n) is 14.8. The molecule has 24 heavy (non-hydrogen) atoms. The van der Waals surface area contributed by atoms with Crippen molar-refractivity contribution in [3.63, 3.8) is 0 Å². The fraction of sp³-hybridized carbons (Fsp3) is 0.429. The topological polar surface area (TPSA) is 44.5 Å². The highest BCUT2D eigenvalue weighted by atomic mass is 16.5. The molecule has 0 radical (unpaired) electrons. The molecule has 0 unspecified atom stereocenters. The van der Waals surface area contributed by atoms with Gasteiger partial charge in [0.1, 0.15) is 0 Å². The molecule has 3 heteroatoms. The molecule has 0 spiro atoms. The van der Waals surface area contributed by atoms with Crippen LogP contribution in [0.5, 0.6) is 11.5 Å². The highest BCUT2D eigenvalue weighted by Crippen LogP contribution is 2.29. The molecule has 1 atom stereocenters. The molecule has 0 aliphatic heterocycles. The molecule has 0 aliphatic carbocycles. The van der Waals surface area contributed by atoms with E-state index in [1.54, 1.807) is 7.11 Å². The quantitative estimate of drug-likeness (QED) is 0.704. The first kappa shape index (κ1) is 18.3. The van der Waals surface area contributed by atoms with E-state index in [2.05, 4.69) is 31.2 Å². The summed E-state index contributed by atoms with van der Waals surface area (Å²) >= 11 is 0. The van der Waals surface area contributed by atoms with Gasteiger partial charge in [-0.25, -0.2) is 0 Å². The molecule has 0 aliphatic rings. The molecule has 130 valence electrons. The van der Waals surface area contributed by atoms with Crippen molar-refractivity contribution in [2.45, 2.75) is 45.1 Å². The fourth-order valence-electron chi connectivity index (χ4n) is 2.76. The van der Waals surface area contributed by atoms with Crippen LogP contribution in [0.1, 0.15) is 37.3 Å². The van der Waals surface area contributed by atoms with E-state index in [9.17, 15) is 0 Å². The molecular weight excluding hydrogens is 298 g/mol. The minimum Gasteiger partial charge on any atom is -0.493 e. The van der Waals surface area contributed by atoms with Crippen molar-refractivity contribution >= 4 is 0 Å². The number of unbranched alkanes of at least 4 members (excludes halogenated alkanes) is 1. The summed E-state index contributed by atoms with van der Waals surface area (Å²) in [5.74, 6) is 1.57. The minimum atomic E-state index is 0.204. The summed E-state index contributed by atoms with van der Waals surface area (Å²) in [7, 11) is 1.67. The van der Waals surface area contributed by atoms with Gasteiger partial charge in [0.2, 0.25) is 0 Å². The second kappa shape index (κ2) is 9.99. The van der Waals surface area contributed by atoms with Crippen molar-refractivity contribution in [2.24, 2.45) is 5.73 Å². The second-order valence-electron chi connectivity index (χ2n) is 6.18. The monoisotopic (exact) mass is 327 g/mol. The van der Waals surface area contributed by atoms with E-state index >= 15 is 0 Å². The molecule has 2 aromatic carbocycles. The third-order valence-electron chi connectivity index (χ3n) is 4.15. The van der Waals surface area contributed by atoms with Crippen molar-refractivity contribution < 1.29 is 9.47 Å². The largest absolute Gasteiger partial charge is 0.493 e. The maximum absolute atomic E-state index is 6.22. The Labute approximate surface area is 145 Å². The molecule has 0 heterocycles.